The van der Waals surface area contributed by atoms with Gasteiger partial charge in [-0.05, 0) is 31.2 Å². The molecule has 0 aliphatic heterocycles. The van der Waals surface area contributed by atoms with Crippen molar-refractivity contribution >= 4 is 11.9 Å². The predicted molar refractivity (Wildman–Crippen MR) is 55.7 cm³/mol. The third-order valence-corrected chi connectivity index (χ3v) is 1.59. The normalized spacial score (nSPS) is 11.1. The zero-order valence-electron chi connectivity index (χ0n) is 8.64. The van der Waals surface area contributed by atoms with Crippen molar-refractivity contribution in [2.24, 2.45) is 10.9 Å². The molecular weight excluding hydrogens is 215 g/mol. The van der Waals surface area contributed by atoms with Gasteiger partial charge >= 0.3 is 6.16 Å². The highest BCUT2D eigenvalue weighted by atomic mass is 19.1. The van der Waals surface area contributed by atoms with E-state index in [2.05, 4.69) is 14.7 Å². The van der Waals surface area contributed by atoms with Gasteiger partial charge in [-0.25, -0.2) is 9.18 Å². The molecule has 2 N–H and O–H groups in total. The van der Waals surface area contributed by atoms with E-state index in [1.165, 1.54) is 12.1 Å². The van der Waals surface area contributed by atoms with Gasteiger partial charge in [0.15, 0.2) is 0 Å². The molecule has 16 heavy (non-hydrogen) atoms. The third kappa shape index (κ3) is 4.05. The maximum atomic E-state index is 12.5. The average Bonchev–Trinajstić information content (AvgIpc) is 2.29. The van der Waals surface area contributed by atoms with Crippen LogP contribution in [0.25, 0.3) is 0 Å². The van der Waals surface area contributed by atoms with E-state index in [1.54, 1.807) is 6.92 Å². The van der Waals surface area contributed by atoms with Gasteiger partial charge in [0, 0.05) is 6.54 Å². The predicted octanol–water partition coefficient (Wildman–Crippen LogP) is 1.68. The number of nitrogens with two attached hydrogens (primary N) is 1. The summed E-state index contributed by atoms with van der Waals surface area (Å²) < 4.78 is 17.2. The molecule has 0 fully saturated rings. The minimum absolute atomic E-state index is 0.173. The van der Waals surface area contributed by atoms with Crippen molar-refractivity contribution in [3.05, 3.63) is 30.1 Å². The lowest BCUT2D eigenvalue weighted by atomic mass is 10.3. The fourth-order valence-electron chi connectivity index (χ4n) is 0.770. The van der Waals surface area contributed by atoms with Gasteiger partial charge in [0.25, 0.3) is 0 Å². The Morgan fingerprint density at radius 3 is 2.62 bits per heavy atom. The van der Waals surface area contributed by atoms with Gasteiger partial charge in [0.2, 0.25) is 0 Å². The van der Waals surface area contributed by atoms with Crippen molar-refractivity contribution in [2.75, 3.05) is 6.54 Å². The lowest BCUT2D eigenvalue weighted by Crippen LogP contribution is -2.13. The standard InChI is InChI=1S/C10H11FN2O3/c1-7(6-12)13-16-10(14)15-9-4-2-8(11)3-5-9/h2-5H,6,12H2,1H3/b13-7+. The van der Waals surface area contributed by atoms with Crippen molar-refractivity contribution in [1.29, 1.82) is 0 Å². The summed E-state index contributed by atoms with van der Waals surface area (Å²) in [7, 11) is 0. The molecule has 1 rings (SSSR count). The van der Waals surface area contributed by atoms with Gasteiger partial charge in [0.05, 0.1) is 5.71 Å². The molecule has 86 valence electrons. The topological polar surface area (TPSA) is 73.9 Å². The highest BCUT2D eigenvalue weighted by Crippen LogP contribution is 2.11. The largest absolute Gasteiger partial charge is 0.540 e. The molecule has 0 atom stereocenters. The Morgan fingerprint density at radius 1 is 1.44 bits per heavy atom. The maximum absolute atomic E-state index is 12.5. The maximum Gasteiger partial charge on any atom is 0.540 e. The van der Waals surface area contributed by atoms with Crippen LogP contribution in [0.3, 0.4) is 0 Å². The van der Waals surface area contributed by atoms with Crippen LogP contribution in [0.4, 0.5) is 9.18 Å². The van der Waals surface area contributed by atoms with Crippen molar-refractivity contribution < 1.29 is 18.8 Å². The first-order valence-corrected chi connectivity index (χ1v) is 4.49. The Hall–Kier alpha value is -1.95. The van der Waals surface area contributed by atoms with Crippen LogP contribution in [0, 0.1) is 5.82 Å². The van der Waals surface area contributed by atoms with E-state index in [9.17, 15) is 9.18 Å². The van der Waals surface area contributed by atoms with E-state index in [0.717, 1.165) is 12.1 Å². The zero-order valence-corrected chi connectivity index (χ0v) is 8.64. The number of benzene rings is 1. The van der Waals surface area contributed by atoms with Gasteiger partial charge in [-0.1, -0.05) is 5.16 Å². The summed E-state index contributed by atoms with van der Waals surface area (Å²) in [6, 6.07) is 4.93. The fourth-order valence-corrected chi connectivity index (χ4v) is 0.770. The monoisotopic (exact) mass is 226 g/mol. The Balaban J connectivity index is 2.49. The van der Waals surface area contributed by atoms with Crippen molar-refractivity contribution in [2.45, 2.75) is 6.92 Å². The molecule has 0 unspecified atom stereocenters. The summed E-state index contributed by atoms with van der Waals surface area (Å²) in [5.41, 5.74) is 5.68. The average molecular weight is 226 g/mol. The van der Waals surface area contributed by atoms with E-state index in [0.29, 0.717) is 5.71 Å². The Bertz CT molecular complexity index is 390. The summed E-state index contributed by atoms with van der Waals surface area (Å²) in [5.74, 6) is -0.246. The molecule has 0 saturated carbocycles. The quantitative estimate of drug-likeness (QED) is 0.280. The summed E-state index contributed by atoms with van der Waals surface area (Å²) in [6.45, 7) is 1.79. The Kier molecular flexibility index (Phi) is 4.41. The van der Waals surface area contributed by atoms with Gasteiger partial charge in [0.1, 0.15) is 11.6 Å². The minimum Gasteiger partial charge on any atom is -0.393 e. The number of carbonyl (C=O) groups excluding carboxylic acids is 1. The van der Waals surface area contributed by atoms with Crippen LogP contribution >= 0.6 is 0 Å². The molecule has 0 radical (unpaired) electrons. The van der Waals surface area contributed by atoms with Crippen LogP contribution in [0.2, 0.25) is 0 Å². The molecule has 0 aliphatic carbocycles. The number of halogens is 1. The van der Waals surface area contributed by atoms with Gasteiger partial charge < -0.3 is 10.5 Å². The van der Waals surface area contributed by atoms with E-state index in [1.807, 2.05) is 0 Å². The lowest BCUT2D eigenvalue weighted by molar-refractivity contribution is 0.102. The second-order valence-corrected chi connectivity index (χ2v) is 2.93. The van der Waals surface area contributed by atoms with Crippen LogP contribution in [0.1, 0.15) is 6.92 Å². The molecule has 0 spiro atoms. The number of oxime groups is 1. The molecule has 0 bridgehead atoms. The highest BCUT2D eigenvalue weighted by molar-refractivity contribution is 5.83. The van der Waals surface area contributed by atoms with Crippen LogP contribution in [0.15, 0.2) is 29.4 Å². The molecule has 0 saturated heterocycles. The van der Waals surface area contributed by atoms with Crippen molar-refractivity contribution in [1.82, 2.24) is 0 Å². The fraction of sp³-hybridized carbons (Fsp3) is 0.200. The Labute approximate surface area is 91.6 Å². The van der Waals surface area contributed by atoms with E-state index in [-0.39, 0.29) is 12.3 Å². The number of ether oxygens (including phenoxy) is 1. The van der Waals surface area contributed by atoms with Gasteiger partial charge in [-0.2, -0.15) is 0 Å². The van der Waals surface area contributed by atoms with Crippen LogP contribution in [-0.2, 0) is 4.84 Å². The summed E-state index contributed by atoms with van der Waals surface area (Å²) in [5, 5.41) is 3.40. The second-order valence-electron chi connectivity index (χ2n) is 2.93. The molecule has 0 amide bonds. The molecule has 0 aliphatic rings. The van der Waals surface area contributed by atoms with Gasteiger partial charge in [-0.15, -0.1) is 0 Å². The van der Waals surface area contributed by atoms with Crippen LogP contribution in [-0.4, -0.2) is 18.4 Å². The number of hydrogen-bond acceptors (Lipinski definition) is 5. The minimum atomic E-state index is -1.00. The number of rotatable bonds is 3. The van der Waals surface area contributed by atoms with E-state index < -0.39 is 12.0 Å². The smallest absolute Gasteiger partial charge is 0.393 e. The lowest BCUT2D eigenvalue weighted by Gasteiger charge is -2.01. The molecule has 0 aromatic heterocycles. The zero-order chi connectivity index (χ0) is 12.0. The SMILES string of the molecule is C/C(CN)=N\OC(=O)Oc1ccc(F)cc1. The summed E-state index contributed by atoms with van der Waals surface area (Å²) >= 11 is 0. The second kappa shape index (κ2) is 5.82. The molecule has 5 nitrogen and oxygen atoms in total. The summed E-state index contributed by atoms with van der Waals surface area (Å²) in [4.78, 5) is 15.4. The molecule has 6 heteroatoms. The van der Waals surface area contributed by atoms with Crippen molar-refractivity contribution in [3.63, 3.8) is 0 Å². The van der Waals surface area contributed by atoms with Gasteiger partial charge in [-0.3, -0.25) is 4.84 Å². The Morgan fingerprint density at radius 2 is 2.06 bits per heavy atom. The summed E-state index contributed by atoms with van der Waals surface area (Å²) in [6.07, 6.45) is -1.00. The highest BCUT2D eigenvalue weighted by Gasteiger charge is 2.05. The molecular formula is C10H11FN2O3. The van der Waals surface area contributed by atoms with Crippen LogP contribution in [0.5, 0.6) is 5.75 Å². The third-order valence-electron chi connectivity index (χ3n) is 1.59. The first-order valence-electron chi connectivity index (χ1n) is 4.49. The van der Waals surface area contributed by atoms with Crippen molar-refractivity contribution in [3.8, 4) is 5.75 Å². The first-order chi connectivity index (χ1) is 7.61. The van der Waals surface area contributed by atoms with Crippen LogP contribution < -0.4 is 10.5 Å². The van der Waals surface area contributed by atoms with E-state index >= 15 is 0 Å². The number of carbonyl (C=O) groups is 1. The molecule has 0 heterocycles. The number of nitrogens with zero attached hydrogens (tertiary/aromatic N) is 1. The molecule has 1 aromatic carbocycles. The number of hydrogen-bond donors (Lipinski definition) is 1. The first kappa shape index (κ1) is 12.1. The van der Waals surface area contributed by atoms with E-state index in [4.69, 9.17) is 5.73 Å². The molecule has 1 aromatic rings.